The molecule has 0 aliphatic carbocycles. The predicted molar refractivity (Wildman–Crippen MR) is 125 cm³/mol. The van der Waals surface area contributed by atoms with E-state index in [1.54, 1.807) is 18.5 Å². The molecule has 33 heavy (non-hydrogen) atoms. The maximum absolute atomic E-state index is 13.8. The van der Waals surface area contributed by atoms with Gasteiger partial charge in [0, 0.05) is 36.6 Å². The fourth-order valence-electron chi connectivity index (χ4n) is 5.13. The van der Waals surface area contributed by atoms with Crippen LogP contribution < -0.4 is 9.80 Å². The molecular weight excluding hydrogens is 419 g/mol. The van der Waals surface area contributed by atoms with E-state index in [-0.39, 0.29) is 23.7 Å². The van der Waals surface area contributed by atoms with E-state index in [4.69, 9.17) is 0 Å². The van der Waals surface area contributed by atoms with Crippen LogP contribution in [-0.4, -0.2) is 44.8 Å². The second-order valence-corrected chi connectivity index (χ2v) is 9.23. The number of aromatic nitrogens is 4. The van der Waals surface area contributed by atoms with Gasteiger partial charge in [0.25, 0.3) is 0 Å². The van der Waals surface area contributed by atoms with Gasteiger partial charge in [-0.25, -0.2) is 19.0 Å². The van der Waals surface area contributed by atoms with Gasteiger partial charge in [-0.2, -0.15) is 5.10 Å². The zero-order chi connectivity index (χ0) is 23.1. The van der Waals surface area contributed by atoms with E-state index in [9.17, 15) is 9.18 Å². The standard InChI is InChI=1S/C25H29FN6O/c1-16-11-18(3)32(29-16)24-13-23(27-15-28-24)30-10-4-5-20(14-30)25(33)31-17(2)6-7-19-12-21(26)8-9-22(19)31/h8-9,11-13,15,17,20H,4-7,10,14H2,1-3H3. The normalized spacial score (nSPS) is 20.6. The SMILES string of the molecule is Cc1cc(C)n(-c2cc(N3CCCC(C(=O)N4c5ccc(F)cc5CCC4C)C3)ncn2)n1. The molecule has 1 amide bonds. The maximum Gasteiger partial charge on any atom is 0.232 e. The highest BCUT2D eigenvalue weighted by atomic mass is 19.1. The molecule has 172 valence electrons. The van der Waals surface area contributed by atoms with Gasteiger partial charge in [-0.05, 0) is 76.3 Å². The van der Waals surface area contributed by atoms with Crippen LogP contribution in [0.1, 0.15) is 43.1 Å². The summed E-state index contributed by atoms with van der Waals surface area (Å²) in [5.41, 5.74) is 3.72. The molecule has 1 aromatic carbocycles. The number of nitrogens with zero attached hydrogens (tertiary/aromatic N) is 6. The van der Waals surface area contributed by atoms with Gasteiger partial charge in [-0.15, -0.1) is 0 Å². The fourth-order valence-corrected chi connectivity index (χ4v) is 5.13. The number of carbonyl (C=O) groups is 1. The summed E-state index contributed by atoms with van der Waals surface area (Å²) >= 11 is 0. The molecule has 7 nitrogen and oxygen atoms in total. The van der Waals surface area contributed by atoms with Gasteiger partial charge in [0.1, 0.15) is 18.0 Å². The quantitative estimate of drug-likeness (QED) is 0.606. The molecule has 2 aliphatic rings. The first-order valence-electron chi connectivity index (χ1n) is 11.6. The lowest BCUT2D eigenvalue weighted by molar-refractivity contribution is -0.123. The monoisotopic (exact) mass is 448 g/mol. The van der Waals surface area contributed by atoms with E-state index in [0.29, 0.717) is 6.54 Å². The Labute approximate surface area is 193 Å². The van der Waals surface area contributed by atoms with Crippen molar-refractivity contribution in [3.05, 3.63) is 59.4 Å². The molecule has 2 aromatic heterocycles. The number of hydrogen-bond acceptors (Lipinski definition) is 5. The van der Waals surface area contributed by atoms with Crippen LogP contribution >= 0.6 is 0 Å². The Hall–Kier alpha value is -3.29. The Morgan fingerprint density at radius 3 is 2.70 bits per heavy atom. The van der Waals surface area contributed by atoms with Crippen LogP contribution in [0.3, 0.4) is 0 Å². The van der Waals surface area contributed by atoms with E-state index in [0.717, 1.165) is 66.5 Å². The summed E-state index contributed by atoms with van der Waals surface area (Å²) in [6.45, 7) is 7.48. The first kappa shape index (κ1) is 21.6. The molecule has 0 radical (unpaired) electrons. The largest absolute Gasteiger partial charge is 0.356 e. The van der Waals surface area contributed by atoms with Crippen molar-refractivity contribution in [2.24, 2.45) is 5.92 Å². The van der Waals surface area contributed by atoms with Crippen molar-refractivity contribution in [3.8, 4) is 5.82 Å². The van der Waals surface area contributed by atoms with Crippen LogP contribution in [0.25, 0.3) is 5.82 Å². The lowest BCUT2D eigenvalue weighted by Crippen LogP contribution is -2.49. The molecule has 1 saturated heterocycles. The summed E-state index contributed by atoms with van der Waals surface area (Å²) < 4.78 is 15.6. The Morgan fingerprint density at radius 1 is 1.09 bits per heavy atom. The molecule has 0 spiro atoms. The molecular formula is C25H29FN6O. The van der Waals surface area contributed by atoms with Crippen LogP contribution in [0.5, 0.6) is 0 Å². The molecule has 1 fully saturated rings. The Morgan fingerprint density at radius 2 is 1.91 bits per heavy atom. The fraction of sp³-hybridized carbons (Fsp3) is 0.440. The lowest BCUT2D eigenvalue weighted by Gasteiger charge is -2.40. The number of carbonyl (C=O) groups excluding carboxylic acids is 1. The highest BCUT2D eigenvalue weighted by molar-refractivity contribution is 5.97. The summed E-state index contributed by atoms with van der Waals surface area (Å²) in [7, 11) is 0. The maximum atomic E-state index is 13.8. The van der Waals surface area contributed by atoms with Gasteiger partial charge < -0.3 is 9.80 Å². The number of hydrogen-bond donors (Lipinski definition) is 0. The molecule has 0 bridgehead atoms. The molecule has 2 aliphatic heterocycles. The molecule has 3 aromatic rings. The first-order valence-corrected chi connectivity index (χ1v) is 11.6. The first-order chi connectivity index (χ1) is 15.9. The third kappa shape index (κ3) is 4.10. The highest BCUT2D eigenvalue weighted by Crippen LogP contribution is 2.34. The minimum absolute atomic E-state index is 0.0996. The molecule has 5 rings (SSSR count). The zero-order valence-corrected chi connectivity index (χ0v) is 19.3. The predicted octanol–water partition coefficient (Wildman–Crippen LogP) is 4.00. The number of halogens is 1. The molecule has 2 unspecified atom stereocenters. The van der Waals surface area contributed by atoms with E-state index < -0.39 is 0 Å². The zero-order valence-electron chi connectivity index (χ0n) is 19.3. The van der Waals surface area contributed by atoms with Crippen molar-refractivity contribution in [1.82, 2.24) is 19.7 Å². The van der Waals surface area contributed by atoms with E-state index in [1.165, 1.54) is 6.07 Å². The highest BCUT2D eigenvalue weighted by Gasteiger charge is 2.35. The van der Waals surface area contributed by atoms with Crippen LogP contribution in [0.4, 0.5) is 15.9 Å². The average molecular weight is 449 g/mol. The number of aryl methyl sites for hydroxylation is 3. The second kappa shape index (κ2) is 8.57. The van der Waals surface area contributed by atoms with Gasteiger partial charge in [-0.3, -0.25) is 4.79 Å². The Kier molecular flexibility index (Phi) is 5.60. The summed E-state index contributed by atoms with van der Waals surface area (Å²) in [5.74, 6) is 1.26. The van der Waals surface area contributed by atoms with Crippen molar-refractivity contribution in [1.29, 1.82) is 0 Å². The van der Waals surface area contributed by atoms with Gasteiger partial charge >= 0.3 is 0 Å². The lowest BCUT2D eigenvalue weighted by atomic mass is 9.91. The number of rotatable bonds is 3. The van der Waals surface area contributed by atoms with Crippen molar-refractivity contribution in [2.75, 3.05) is 22.9 Å². The number of piperidine rings is 1. The summed E-state index contributed by atoms with van der Waals surface area (Å²) in [5, 5.41) is 4.53. The third-order valence-corrected chi connectivity index (χ3v) is 6.77. The number of anilines is 2. The Balaban J connectivity index is 1.38. The van der Waals surface area contributed by atoms with E-state index >= 15 is 0 Å². The number of amides is 1. The number of fused-ring (bicyclic) bond motifs is 1. The van der Waals surface area contributed by atoms with Crippen molar-refractivity contribution >= 4 is 17.4 Å². The Bertz CT molecular complexity index is 1190. The van der Waals surface area contributed by atoms with Crippen LogP contribution in [0.15, 0.2) is 36.7 Å². The van der Waals surface area contributed by atoms with E-state index in [1.807, 2.05) is 35.6 Å². The topological polar surface area (TPSA) is 67.2 Å². The van der Waals surface area contributed by atoms with Crippen molar-refractivity contribution in [3.63, 3.8) is 0 Å². The summed E-state index contributed by atoms with van der Waals surface area (Å²) in [6.07, 6.45) is 4.95. The molecule has 2 atom stereocenters. The van der Waals surface area contributed by atoms with Crippen LogP contribution in [0.2, 0.25) is 0 Å². The number of benzene rings is 1. The summed E-state index contributed by atoms with van der Waals surface area (Å²) in [4.78, 5) is 26.7. The molecule has 0 saturated carbocycles. The smallest absolute Gasteiger partial charge is 0.232 e. The van der Waals surface area contributed by atoms with Gasteiger partial charge in [-0.1, -0.05) is 0 Å². The molecule has 4 heterocycles. The molecule has 0 N–H and O–H groups in total. The molecule has 8 heteroatoms. The van der Waals surface area contributed by atoms with Crippen molar-refractivity contribution in [2.45, 2.75) is 52.5 Å². The van der Waals surface area contributed by atoms with E-state index in [2.05, 4.69) is 26.9 Å². The second-order valence-electron chi connectivity index (χ2n) is 9.23. The van der Waals surface area contributed by atoms with Gasteiger partial charge in [0.05, 0.1) is 11.6 Å². The average Bonchev–Trinajstić information content (AvgIpc) is 3.16. The summed E-state index contributed by atoms with van der Waals surface area (Å²) in [6, 6.07) is 8.82. The van der Waals surface area contributed by atoms with Crippen LogP contribution in [-0.2, 0) is 11.2 Å². The van der Waals surface area contributed by atoms with Gasteiger partial charge in [0.15, 0.2) is 5.82 Å². The van der Waals surface area contributed by atoms with Crippen molar-refractivity contribution < 1.29 is 9.18 Å². The minimum atomic E-state index is -0.248. The van der Waals surface area contributed by atoms with Crippen LogP contribution in [0, 0.1) is 25.6 Å². The van der Waals surface area contributed by atoms with Gasteiger partial charge in [0.2, 0.25) is 5.91 Å². The third-order valence-electron chi connectivity index (χ3n) is 6.77. The minimum Gasteiger partial charge on any atom is -0.356 e.